The van der Waals surface area contributed by atoms with Crippen molar-refractivity contribution < 1.29 is 4.79 Å². The average molecular weight is 464 g/mol. The summed E-state index contributed by atoms with van der Waals surface area (Å²) in [7, 11) is 0. The SMILES string of the molecule is CC(=O)c1nc2ccccc2n(C2C[C@H]3CC[C@@H](C2)N3C2CCCCCCCCCCC2)c1=O. The molecule has 2 bridgehead atoms. The predicted octanol–water partition coefficient (Wildman–Crippen LogP) is 6.44. The standard InChI is InChI=1S/C29H41N3O2/c1-21(33)28-29(34)32(27-16-12-11-15-26(27)30-28)25-19-23-17-18-24(20-25)31(23)22-13-9-7-5-3-2-4-6-8-10-14-22/h11-12,15-16,22-25H,2-10,13-14,17-20H2,1H3/t23-,24+,25?. The number of hydrogen-bond donors (Lipinski definition) is 0. The molecule has 0 N–H and O–H groups in total. The molecule has 1 aromatic carbocycles. The zero-order chi connectivity index (χ0) is 23.5. The van der Waals surface area contributed by atoms with E-state index in [1.165, 1.54) is 90.4 Å². The van der Waals surface area contributed by atoms with E-state index >= 15 is 0 Å². The summed E-state index contributed by atoms with van der Waals surface area (Å²) in [4.78, 5) is 33.0. The summed E-state index contributed by atoms with van der Waals surface area (Å²) in [5.74, 6) is -0.238. The topological polar surface area (TPSA) is 55.2 Å². The molecule has 1 unspecified atom stereocenters. The number of nitrogens with zero attached hydrogens (tertiary/aromatic N) is 3. The highest BCUT2D eigenvalue weighted by Crippen LogP contribution is 2.44. The Morgan fingerprint density at radius 1 is 0.765 bits per heavy atom. The van der Waals surface area contributed by atoms with Gasteiger partial charge < -0.3 is 4.57 Å². The highest BCUT2D eigenvalue weighted by atomic mass is 16.1. The predicted molar refractivity (Wildman–Crippen MR) is 138 cm³/mol. The number of aromatic nitrogens is 2. The molecule has 1 saturated carbocycles. The maximum Gasteiger partial charge on any atom is 0.280 e. The number of Topliss-reactive ketones (excluding diaryl/α,β-unsaturated/α-hetero) is 1. The van der Waals surface area contributed by atoms with Crippen molar-refractivity contribution in [3.63, 3.8) is 0 Å². The normalized spacial score (nSPS) is 27.9. The lowest BCUT2D eigenvalue weighted by Gasteiger charge is -2.44. The Labute approximate surface area is 203 Å². The van der Waals surface area contributed by atoms with Gasteiger partial charge in [-0.25, -0.2) is 4.98 Å². The van der Waals surface area contributed by atoms with Gasteiger partial charge in [0.1, 0.15) is 0 Å². The molecular weight excluding hydrogens is 422 g/mol. The first kappa shape index (κ1) is 23.7. The van der Waals surface area contributed by atoms with E-state index in [0.717, 1.165) is 23.9 Å². The van der Waals surface area contributed by atoms with Crippen LogP contribution in [0.15, 0.2) is 29.1 Å². The van der Waals surface area contributed by atoms with Gasteiger partial charge in [0, 0.05) is 31.1 Å². The van der Waals surface area contributed by atoms with Gasteiger partial charge in [-0.15, -0.1) is 0 Å². The second kappa shape index (κ2) is 10.7. The zero-order valence-corrected chi connectivity index (χ0v) is 20.9. The minimum atomic E-state index is -0.238. The number of hydrogen-bond acceptors (Lipinski definition) is 4. The van der Waals surface area contributed by atoms with Gasteiger partial charge in [0.25, 0.3) is 5.56 Å². The molecule has 5 nitrogen and oxygen atoms in total. The van der Waals surface area contributed by atoms with Crippen LogP contribution in [0.3, 0.4) is 0 Å². The lowest BCUT2D eigenvalue weighted by molar-refractivity contribution is 0.0513. The maximum atomic E-state index is 13.4. The minimum Gasteiger partial charge on any atom is -0.302 e. The van der Waals surface area contributed by atoms with Crippen LogP contribution in [0.5, 0.6) is 0 Å². The van der Waals surface area contributed by atoms with E-state index in [1.54, 1.807) is 0 Å². The van der Waals surface area contributed by atoms with Crippen LogP contribution in [-0.2, 0) is 0 Å². The van der Waals surface area contributed by atoms with E-state index in [4.69, 9.17) is 0 Å². The van der Waals surface area contributed by atoms with E-state index in [9.17, 15) is 9.59 Å². The highest BCUT2D eigenvalue weighted by molar-refractivity contribution is 5.93. The summed E-state index contributed by atoms with van der Waals surface area (Å²) in [5, 5.41) is 0. The monoisotopic (exact) mass is 463 g/mol. The Morgan fingerprint density at radius 3 is 1.91 bits per heavy atom. The molecule has 3 heterocycles. The number of fused-ring (bicyclic) bond motifs is 3. The van der Waals surface area contributed by atoms with Crippen molar-refractivity contribution in [2.45, 2.75) is 127 Å². The number of para-hydroxylation sites is 2. The summed E-state index contributed by atoms with van der Waals surface area (Å²) in [5.41, 5.74) is 1.52. The van der Waals surface area contributed by atoms with Crippen LogP contribution in [-0.4, -0.2) is 38.4 Å². The highest BCUT2D eigenvalue weighted by Gasteiger charge is 2.44. The van der Waals surface area contributed by atoms with E-state index in [0.29, 0.717) is 18.1 Å². The Balaban J connectivity index is 1.39. The fourth-order valence-electron chi connectivity index (χ4n) is 7.18. The molecule has 5 heteroatoms. The van der Waals surface area contributed by atoms with Crippen LogP contribution in [0, 0.1) is 0 Å². The van der Waals surface area contributed by atoms with Gasteiger partial charge in [0.15, 0.2) is 11.5 Å². The van der Waals surface area contributed by atoms with Crippen molar-refractivity contribution in [3.8, 4) is 0 Å². The van der Waals surface area contributed by atoms with Crippen LogP contribution in [0.1, 0.15) is 120 Å². The van der Waals surface area contributed by atoms with Crippen molar-refractivity contribution in [1.29, 1.82) is 0 Å². The van der Waals surface area contributed by atoms with Crippen LogP contribution >= 0.6 is 0 Å². The number of carbonyl (C=O) groups is 1. The van der Waals surface area contributed by atoms with Crippen LogP contribution in [0.4, 0.5) is 0 Å². The zero-order valence-electron chi connectivity index (χ0n) is 20.9. The molecule has 2 saturated heterocycles. The Kier molecular flexibility index (Phi) is 7.48. The number of rotatable bonds is 3. The van der Waals surface area contributed by atoms with Crippen molar-refractivity contribution in [2.75, 3.05) is 0 Å². The van der Waals surface area contributed by atoms with Gasteiger partial charge in [0.2, 0.25) is 0 Å². The van der Waals surface area contributed by atoms with Crippen molar-refractivity contribution >= 4 is 16.8 Å². The number of ketones is 1. The molecule has 2 aromatic rings. The molecule has 0 amide bonds. The third-order valence-electron chi connectivity index (χ3n) is 8.75. The average Bonchev–Trinajstić information content (AvgIpc) is 3.08. The minimum absolute atomic E-state index is 0.0905. The summed E-state index contributed by atoms with van der Waals surface area (Å²) in [6.07, 6.45) is 19.7. The first-order valence-corrected chi connectivity index (χ1v) is 13.9. The molecule has 1 aromatic heterocycles. The maximum absolute atomic E-state index is 13.4. The van der Waals surface area contributed by atoms with Gasteiger partial charge in [-0.05, 0) is 50.7 Å². The van der Waals surface area contributed by atoms with Gasteiger partial charge >= 0.3 is 0 Å². The lowest BCUT2D eigenvalue weighted by Crippen LogP contribution is -2.50. The van der Waals surface area contributed by atoms with E-state index in [1.807, 2.05) is 28.8 Å². The summed E-state index contributed by atoms with van der Waals surface area (Å²) in [6, 6.07) is 9.80. The molecule has 1 aliphatic carbocycles. The number of piperidine rings is 1. The van der Waals surface area contributed by atoms with Crippen LogP contribution < -0.4 is 5.56 Å². The van der Waals surface area contributed by atoms with E-state index in [2.05, 4.69) is 9.88 Å². The molecule has 3 aliphatic rings. The Morgan fingerprint density at radius 2 is 1.32 bits per heavy atom. The molecule has 3 fully saturated rings. The summed E-state index contributed by atoms with van der Waals surface area (Å²) in [6.45, 7) is 1.46. The second-order valence-electron chi connectivity index (χ2n) is 11.1. The molecule has 3 atom stereocenters. The van der Waals surface area contributed by atoms with Gasteiger partial charge in [0.05, 0.1) is 11.0 Å². The fraction of sp³-hybridized carbons (Fsp3) is 0.690. The van der Waals surface area contributed by atoms with Gasteiger partial charge in [-0.3, -0.25) is 14.5 Å². The van der Waals surface area contributed by atoms with E-state index < -0.39 is 0 Å². The first-order valence-electron chi connectivity index (χ1n) is 13.9. The first-order chi connectivity index (χ1) is 16.6. The molecule has 0 spiro atoms. The van der Waals surface area contributed by atoms with E-state index in [-0.39, 0.29) is 23.1 Å². The lowest BCUT2D eigenvalue weighted by atomic mass is 9.90. The largest absolute Gasteiger partial charge is 0.302 e. The molecule has 0 radical (unpaired) electrons. The van der Waals surface area contributed by atoms with Gasteiger partial charge in [-0.2, -0.15) is 0 Å². The Hall–Kier alpha value is -2.01. The molecule has 5 rings (SSSR count). The Bertz CT molecular complexity index is 1040. The van der Waals surface area contributed by atoms with Crippen LogP contribution in [0.25, 0.3) is 11.0 Å². The fourth-order valence-corrected chi connectivity index (χ4v) is 7.18. The quantitative estimate of drug-likeness (QED) is 0.492. The summed E-state index contributed by atoms with van der Waals surface area (Å²) < 4.78 is 1.93. The summed E-state index contributed by atoms with van der Waals surface area (Å²) >= 11 is 0. The van der Waals surface area contributed by atoms with Crippen LogP contribution in [0.2, 0.25) is 0 Å². The van der Waals surface area contributed by atoms with Crippen molar-refractivity contribution in [1.82, 2.24) is 14.5 Å². The molecule has 2 aliphatic heterocycles. The van der Waals surface area contributed by atoms with Crippen molar-refractivity contribution in [2.24, 2.45) is 0 Å². The third-order valence-corrected chi connectivity index (χ3v) is 8.75. The second-order valence-corrected chi connectivity index (χ2v) is 11.1. The molecular formula is C29H41N3O2. The smallest absolute Gasteiger partial charge is 0.280 e. The molecule has 34 heavy (non-hydrogen) atoms. The van der Waals surface area contributed by atoms with Crippen molar-refractivity contribution in [3.05, 3.63) is 40.3 Å². The van der Waals surface area contributed by atoms with Gasteiger partial charge in [-0.1, -0.05) is 69.9 Å². The number of carbonyl (C=O) groups excluding carboxylic acids is 1. The number of benzene rings is 1. The molecule has 184 valence electrons. The third kappa shape index (κ3) is 4.86.